The van der Waals surface area contributed by atoms with Crippen molar-refractivity contribution in [3.05, 3.63) is 29.7 Å². The van der Waals surface area contributed by atoms with E-state index in [9.17, 15) is 8.42 Å². The highest BCUT2D eigenvalue weighted by Gasteiger charge is 2.32. The van der Waals surface area contributed by atoms with Crippen molar-refractivity contribution in [2.24, 2.45) is 5.73 Å². The molecule has 3 heterocycles. The normalized spacial score (nSPS) is 22.1. The van der Waals surface area contributed by atoms with Gasteiger partial charge in [-0.2, -0.15) is 0 Å². The number of aromatic nitrogens is 3. The van der Waals surface area contributed by atoms with Crippen LogP contribution in [-0.2, 0) is 22.8 Å². The highest BCUT2D eigenvalue weighted by molar-refractivity contribution is 7.92. The number of hydrogen-bond acceptors (Lipinski definition) is 5. The van der Waals surface area contributed by atoms with Gasteiger partial charge in [0.2, 0.25) is 0 Å². The fourth-order valence-corrected chi connectivity index (χ4v) is 4.37. The van der Waals surface area contributed by atoms with E-state index in [1.807, 2.05) is 22.7 Å². The first-order valence-corrected chi connectivity index (χ1v) is 8.06. The summed E-state index contributed by atoms with van der Waals surface area (Å²) in [5.41, 5.74) is 7.28. The van der Waals surface area contributed by atoms with Gasteiger partial charge in [-0.3, -0.25) is 4.40 Å². The van der Waals surface area contributed by atoms with Crippen LogP contribution in [0.3, 0.4) is 0 Å². The Labute approximate surface area is 111 Å². The summed E-state index contributed by atoms with van der Waals surface area (Å²) in [7, 11) is -2.95. The van der Waals surface area contributed by atoms with Crippen molar-refractivity contribution in [1.29, 1.82) is 0 Å². The zero-order chi connectivity index (χ0) is 13.5. The van der Waals surface area contributed by atoms with E-state index in [-0.39, 0.29) is 5.25 Å². The van der Waals surface area contributed by atoms with Crippen LogP contribution in [0.2, 0.25) is 0 Å². The van der Waals surface area contributed by atoms with E-state index in [1.54, 1.807) is 0 Å². The largest absolute Gasteiger partial charge is 0.326 e. The Kier molecular flexibility index (Phi) is 3.02. The fraction of sp³-hybridized carbons (Fsp3) is 0.500. The molecule has 1 unspecified atom stereocenters. The van der Waals surface area contributed by atoms with Crippen LogP contribution in [0, 0.1) is 0 Å². The van der Waals surface area contributed by atoms with Crippen LogP contribution in [0.15, 0.2) is 18.3 Å². The minimum atomic E-state index is -2.95. The van der Waals surface area contributed by atoms with Crippen molar-refractivity contribution in [3.63, 3.8) is 0 Å². The molecule has 1 atom stereocenters. The fourth-order valence-electron chi connectivity index (χ4n) is 2.54. The molecule has 1 aliphatic heterocycles. The highest BCUT2D eigenvalue weighted by atomic mass is 32.2. The third-order valence-corrected chi connectivity index (χ3v) is 5.93. The molecule has 0 amide bonds. The van der Waals surface area contributed by atoms with Crippen molar-refractivity contribution in [2.75, 3.05) is 5.75 Å². The van der Waals surface area contributed by atoms with Gasteiger partial charge in [-0.15, -0.1) is 10.2 Å². The number of rotatable bonds is 3. The predicted molar refractivity (Wildman–Crippen MR) is 71.4 cm³/mol. The Hall–Kier alpha value is -1.47. The molecule has 0 aromatic carbocycles. The molecule has 0 spiro atoms. The van der Waals surface area contributed by atoms with Crippen LogP contribution in [0.25, 0.3) is 5.65 Å². The Morgan fingerprint density at radius 2 is 2.26 bits per heavy atom. The number of pyridine rings is 1. The second kappa shape index (κ2) is 4.57. The molecular weight excluding hydrogens is 264 g/mol. The molecule has 0 aliphatic carbocycles. The van der Waals surface area contributed by atoms with Crippen molar-refractivity contribution in [2.45, 2.75) is 31.1 Å². The molecule has 1 saturated heterocycles. The third kappa shape index (κ3) is 2.23. The Morgan fingerprint density at radius 1 is 1.42 bits per heavy atom. The summed E-state index contributed by atoms with van der Waals surface area (Å²) < 4.78 is 25.5. The zero-order valence-electron chi connectivity index (χ0n) is 10.5. The van der Waals surface area contributed by atoms with Gasteiger partial charge in [0, 0.05) is 19.2 Å². The summed E-state index contributed by atoms with van der Waals surface area (Å²) in [6.45, 7) is 0.454. The lowest BCUT2D eigenvalue weighted by Gasteiger charge is -2.07. The molecule has 3 rings (SSSR count). The molecule has 102 valence electrons. The van der Waals surface area contributed by atoms with Gasteiger partial charge < -0.3 is 5.73 Å². The number of nitrogens with zero attached hydrogens (tertiary/aromatic N) is 3. The van der Waals surface area contributed by atoms with Crippen molar-refractivity contribution < 1.29 is 8.42 Å². The van der Waals surface area contributed by atoms with Crippen LogP contribution < -0.4 is 5.73 Å². The molecule has 0 saturated carbocycles. The first-order chi connectivity index (χ1) is 9.10. The molecule has 0 radical (unpaired) electrons. The third-order valence-electron chi connectivity index (χ3n) is 3.65. The van der Waals surface area contributed by atoms with E-state index in [0.717, 1.165) is 18.4 Å². The molecule has 2 aromatic heterocycles. The number of nitrogens with two attached hydrogens (primary N) is 1. The maximum atomic E-state index is 11.9. The van der Waals surface area contributed by atoms with E-state index < -0.39 is 9.84 Å². The van der Waals surface area contributed by atoms with E-state index in [2.05, 4.69) is 10.2 Å². The average molecular weight is 280 g/mol. The molecule has 0 bridgehead atoms. The van der Waals surface area contributed by atoms with Crippen molar-refractivity contribution >= 4 is 15.5 Å². The lowest BCUT2D eigenvalue weighted by molar-refractivity contribution is 0.585. The van der Waals surface area contributed by atoms with Crippen LogP contribution in [0.5, 0.6) is 0 Å². The number of hydrogen-bond donors (Lipinski definition) is 1. The summed E-state index contributed by atoms with van der Waals surface area (Å²) in [5.74, 6) is 1.00. The minimum absolute atomic E-state index is 0.297. The summed E-state index contributed by atoms with van der Waals surface area (Å²) in [6, 6.07) is 3.78. The molecule has 2 N–H and O–H groups in total. The second-order valence-corrected chi connectivity index (χ2v) is 7.32. The molecule has 7 heteroatoms. The van der Waals surface area contributed by atoms with Gasteiger partial charge >= 0.3 is 0 Å². The molecule has 1 aliphatic rings. The lowest BCUT2D eigenvalue weighted by atomic mass is 10.2. The zero-order valence-corrected chi connectivity index (χ0v) is 11.3. The van der Waals surface area contributed by atoms with Gasteiger partial charge in [-0.05, 0) is 30.5 Å². The van der Waals surface area contributed by atoms with Gasteiger partial charge in [-0.1, -0.05) is 0 Å². The molecular formula is C12H16N4O2S. The van der Waals surface area contributed by atoms with E-state index in [4.69, 9.17) is 5.73 Å². The smallest absolute Gasteiger partial charge is 0.161 e. The van der Waals surface area contributed by atoms with Gasteiger partial charge in [0.1, 0.15) is 5.82 Å². The van der Waals surface area contributed by atoms with Crippen molar-refractivity contribution in [1.82, 2.24) is 14.6 Å². The quantitative estimate of drug-likeness (QED) is 0.873. The van der Waals surface area contributed by atoms with Gasteiger partial charge in [0.25, 0.3) is 0 Å². The lowest BCUT2D eigenvalue weighted by Crippen LogP contribution is -2.20. The SMILES string of the molecule is NCc1ccn2c(CC3CCCS3(=O)=O)nnc2c1. The molecule has 2 aromatic rings. The number of fused-ring (bicyclic) bond motifs is 1. The summed E-state index contributed by atoms with van der Waals surface area (Å²) in [5, 5.41) is 7.88. The first-order valence-electron chi connectivity index (χ1n) is 6.34. The first kappa shape index (κ1) is 12.6. The van der Waals surface area contributed by atoms with Gasteiger partial charge in [0.15, 0.2) is 15.5 Å². The maximum absolute atomic E-state index is 11.9. The maximum Gasteiger partial charge on any atom is 0.161 e. The topological polar surface area (TPSA) is 90.3 Å². The van der Waals surface area contributed by atoms with Crippen molar-refractivity contribution in [3.8, 4) is 0 Å². The molecule has 19 heavy (non-hydrogen) atoms. The standard InChI is InChI=1S/C12H16N4O2S/c13-8-9-3-4-16-11(6-9)14-15-12(16)7-10-2-1-5-19(10,17)18/h3-4,6,10H,1-2,5,7-8,13H2. The van der Waals surface area contributed by atoms with Gasteiger partial charge in [-0.25, -0.2) is 8.42 Å². The van der Waals surface area contributed by atoms with Crippen LogP contribution in [0.4, 0.5) is 0 Å². The van der Waals surface area contributed by atoms with Crippen LogP contribution in [-0.4, -0.2) is 34.0 Å². The second-order valence-electron chi connectivity index (χ2n) is 4.92. The highest BCUT2D eigenvalue weighted by Crippen LogP contribution is 2.23. The minimum Gasteiger partial charge on any atom is -0.326 e. The van der Waals surface area contributed by atoms with Crippen LogP contribution >= 0.6 is 0 Å². The Balaban J connectivity index is 1.94. The van der Waals surface area contributed by atoms with E-state index in [1.165, 1.54) is 0 Å². The summed E-state index contributed by atoms with van der Waals surface area (Å²) in [6.07, 6.45) is 3.76. The molecule has 6 nitrogen and oxygen atoms in total. The average Bonchev–Trinajstić information content (AvgIpc) is 2.94. The molecule has 1 fully saturated rings. The van der Waals surface area contributed by atoms with Crippen LogP contribution in [0.1, 0.15) is 24.2 Å². The summed E-state index contributed by atoms with van der Waals surface area (Å²) >= 11 is 0. The Bertz CT molecular complexity index is 708. The predicted octanol–water partition coefficient (Wildman–Crippen LogP) is 0.308. The monoisotopic (exact) mass is 280 g/mol. The van der Waals surface area contributed by atoms with E-state index in [0.29, 0.717) is 30.2 Å². The van der Waals surface area contributed by atoms with E-state index >= 15 is 0 Å². The summed E-state index contributed by atoms with van der Waals surface area (Å²) in [4.78, 5) is 0. The Morgan fingerprint density at radius 3 is 2.95 bits per heavy atom. The van der Waals surface area contributed by atoms with Gasteiger partial charge in [0.05, 0.1) is 11.0 Å². The number of sulfone groups is 1.